The van der Waals surface area contributed by atoms with Gasteiger partial charge in [-0.25, -0.2) is 14.3 Å². The fraction of sp³-hybridized carbons (Fsp3) is 0.500. The molecule has 8 heteroatoms. The summed E-state index contributed by atoms with van der Waals surface area (Å²) in [7, 11) is 1.60. The smallest absolute Gasteiger partial charge is 0.417 e. The first-order valence-electron chi connectivity index (χ1n) is 16.9. The van der Waals surface area contributed by atoms with E-state index in [1.165, 1.54) is 64.2 Å². The number of hydrogen-bond acceptors (Lipinski definition) is 5. The summed E-state index contributed by atoms with van der Waals surface area (Å²) in [4.78, 5) is 27.7. The first-order chi connectivity index (χ1) is 22.0. The molecule has 46 heavy (non-hydrogen) atoms. The first-order valence-corrected chi connectivity index (χ1v) is 16.9. The van der Waals surface area contributed by atoms with Gasteiger partial charge in [0.15, 0.2) is 23.9 Å². The predicted molar refractivity (Wildman–Crippen MR) is 178 cm³/mol. The minimum absolute atomic E-state index is 0. The second kappa shape index (κ2) is 23.2. The van der Waals surface area contributed by atoms with E-state index in [2.05, 4.69) is 13.8 Å². The molecule has 1 heterocycles. The average molecular weight is 745 g/mol. The normalized spacial score (nSPS) is 10.6. The molecule has 0 saturated carbocycles. The zero-order valence-electron chi connectivity index (χ0n) is 28.1. The van der Waals surface area contributed by atoms with E-state index in [-0.39, 0.29) is 37.1 Å². The maximum Gasteiger partial charge on any atom is 0.417 e. The topological polar surface area (TPSA) is 69.0 Å². The Morgan fingerprint density at radius 3 is 1.91 bits per heavy atom. The van der Waals surface area contributed by atoms with Crippen LogP contribution in [0.25, 0.3) is 0 Å². The number of halogens is 1. The van der Waals surface area contributed by atoms with Gasteiger partial charge in [-0.3, -0.25) is 4.79 Å². The number of ether oxygens (including phenoxy) is 3. The summed E-state index contributed by atoms with van der Waals surface area (Å²) in [6.07, 6.45) is 18.8. The van der Waals surface area contributed by atoms with Gasteiger partial charge in [-0.2, -0.15) is 0 Å². The van der Waals surface area contributed by atoms with Crippen molar-refractivity contribution in [2.24, 2.45) is 0 Å². The van der Waals surface area contributed by atoms with Crippen LogP contribution in [0.2, 0.25) is 0 Å². The van der Waals surface area contributed by atoms with Gasteiger partial charge in [0.05, 0.1) is 20.3 Å². The molecule has 0 atom stereocenters. The van der Waals surface area contributed by atoms with Crippen LogP contribution in [0, 0.1) is 0 Å². The third-order valence-corrected chi connectivity index (χ3v) is 8.00. The molecule has 0 saturated heterocycles. The number of methoxy groups -OCH3 is 1. The van der Waals surface area contributed by atoms with Gasteiger partial charge >= 0.3 is 6.09 Å². The number of nitrogens with zero attached hydrogens (tertiary/aromatic N) is 2. The van der Waals surface area contributed by atoms with Crippen molar-refractivity contribution in [2.75, 3.05) is 13.7 Å². The van der Waals surface area contributed by atoms with Gasteiger partial charge in [-0.05, 0) is 48.7 Å². The molecule has 0 aliphatic rings. The van der Waals surface area contributed by atoms with Gasteiger partial charge in [0.2, 0.25) is 0 Å². The third-order valence-electron chi connectivity index (χ3n) is 8.00. The van der Waals surface area contributed by atoms with Crippen molar-refractivity contribution in [3.05, 3.63) is 89.7 Å². The number of aromatic nitrogens is 1. The lowest BCUT2D eigenvalue weighted by molar-refractivity contribution is -0.693. The van der Waals surface area contributed by atoms with Crippen LogP contribution in [0.5, 0.6) is 11.5 Å². The Balaban J connectivity index is 0.00000736. The van der Waals surface area contributed by atoms with Crippen molar-refractivity contribution in [3.63, 3.8) is 0 Å². The van der Waals surface area contributed by atoms with Crippen molar-refractivity contribution in [1.29, 1.82) is 0 Å². The molecule has 7 nitrogen and oxygen atoms in total. The largest absolute Gasteiger partial charge is 1.00 e. The van der Waals surface area contributed by atoms with Crippen LogP contribution in [-0.4, -0.2) is 30.6 Å². The lowest BCUT2D eigenvalue weighted by Crippen LogP contribution is -3.00. The Morgan fingerprint density at radius 1 is 0.717 bits per heavy atom. The lowest BCUT2D eigenvalue weighted by atomic mass is 10.1. The maximum atomic E-state index is 13.3. The minimum Gasteiger partial charge on any atom is -1.00 e. The number of carbonyl (C=O) groups excluding carboxylic acids is 2. The number of amides is 2. The highest BCUT2D eigenvalue weighted by molar-refractivity contribution is 6.02. The number of aryl methyl sites for hydroxylation is 1. The molecular formula is C38H53IN2O5. The summed E-state index contributed by atoms with van der Waals surface area (Å²) >= 11 is 0. The number of unbranched alkanes of at least 4 members (excludes halogenated alkanes) is 11. The molecule has 0 spiro atoms. The highest BCUT2D eigenvalue weighted by atomic mass is 127. The molecule has 3 aromatic rings. The highest BCUT2D eigenvalue weighted by Crippen LogP contribution is 2.29. The number of benzene rings is 2. The van der Waals surface area contributed by atoms with E-state index in [1.54, 1.807) is 31.4 Å². The second-order valence-corrected chi connectivity index (χ2v) is 11.6. The van der Waals surface area contributed by atoms with E-state index in [0.29, 0.717) is 23.7 Å². The SMILES string of the molecule is CCCCCCCCCCCCCCOc1ccc(COC(=O)N(Cc2cc[n+](CC)cc2)C(=O)c2ccccc2)cc1OC.[I-]. The molecule has 1 aromatic heterocycles. The maximum absolute atomic E-state index is 13.3. The third kappa shape index (κ3) is 14.1. The summed E-state index contributed by atoms with van der Waals surface area (Å²) in [5.74, 6) is 0.852. The molecule has 0 bridgehead atoms. The summed E-state index contributed by atoms with van der Waals surface area (Å²) in [5.41, 5.74) is 2.00. The molecule has 2 amide bonds. The minimum atomic E-state index is -0.706. The van der Waals surface area contributed by atoms with E-state index < -0.39 is 12.0 Å². The molecule has 0 radical (unpaired) electrons. The van der Waals surface area contributed by atoms with Crippen LogP contribution in [0.4, 0.5) is 4.79 Å². The monoisotopic (exact) mass is 744 g/mol. The molecule has 0 N–H and O–H groups in total. The highest BCUT2D eigenvalue weighted by Gasteiger charge is 2.25. The Labute approximate surface area is 293 Å². The van der Waals surface area contributed by atoms with Crippen molar-refractivity contribution < 1.29 is 52.3 Å². The summed E-state index contributed by atoms with van der Waals surface area (Å²) < 4.78 is 19.2. The number of hydrogen-bond donors (Lipinski definition) is 0. The zero-order valence-corrected chi connectivity index (χ0v) is 30.2. The number of rotatable bonds is 21. The average Bonchev–Trinajstić information content (AvgIpc) is 3.08. The molecule has 0 unspecified atom stereocenters. The van der Waals surface area contributed by atoms with Gasteiger partial charge in [0.25, 0.3) is 5.91 Å². The number of carbonyl (C=O) groups is 2. The van der Waals surface area contributed by atoms with Crippen LogP contribution < -0.4 is 38.0 Å². The number of imide groups is 1. The van der Waals surface area contributed by atoms with Crippen LogP contribution in [0.1, 0.15) is 112 Å². The molecular weight excluding hydrogens is 691 g/mol. The fourth-order valence-corrected chi connectivity index (χ4v) is 5.21. The van der Waals surface area contributed by atoms with Crippen molar-refractivity contribution in [2.45, 2.75) is 111 Å². The lowest BCUT2D eigenvalue weighted by Gasteiger charge is -2.21. The summed E-state index contributed by atoms with van der Waals surface area (Å²) in [6, 6.07) is 18.1. The van der Waals surface area contributed by atoms with Gasteiger partial charge in [-0.1, -0.05) is 102 Å². The van der Waals surface area contributed by atoms with E-state index in [9.17, 15) is 9.59 Å². The van der Waals surface area contributed by atoms with E-state index >= 15 is 0 Å². The predicted octanol–water partition coefficient (Wildman–Crippen LogP) is 6.07. The Kier molecular flexibility index (Phi) is 19.7. The van der Waals surface area contributed by atoms with Crippen molar-refractivity contribution >= 4 is 12.0 Å². The summed E-state index contributed by atoms with van der Waals surface area (Å²) in [5, 5.41) is 0. The molecule has 0 fully saturated rings. The molecule has 2 aromatic carbocycles. The molecule has 3 rings (SSSR count). The molecule has 0 aliphatic heterocycles. The molecule has 252 valence electrons. The standard InChI is InChI=1S/C38H53N2O5.HI/c1-4-6-7-8-9-10-11-12-13-14-15-19-28-44-35-23-22-33(29-36(35)43-3)31-45-38(42)40(37(41)34-20-17-16-18-21-34)30-32-24-26-39(5-2)27-25-32;/h16-18,20-27,29H,4-15,19,28,30-31H2,1-3H3;1H/q+1;/p-1. The van der Waals surface area contributed by atoms with E-state index in [4.69, 9.17) is 14.2 Å². The van der Waals surface area contributed by atoms with Gasteiger partial charge in [-0.15, -0.1) is 0 Å². The quantitative estimate of drug-likeness (QED) is 0.0754. The van der Waals surface area contributed by atoms with Crippen molar-refractivity contribution in [3.8, 4) is 11.5 Å². The Bertz CT molecular complexity index is 1270. The zero-order chi connectivity index (χ0) is 32.1. The van der Waals surface area contributed by atoms with Crippen LogP contribution >= 0.6 is 0 Å². The molecule has 0 aliphatic carbocycles. The summed E-state index contributed by atoms with van der Waals surface area (Å²) in [6.45, 7) is 5.89. The Hall–Kier alpha value is -3.14. The second-order valence-electron chi connectivity index (χ2n) is 11.6. The first kappa shape index (κ1) is 39.0. The van der Waals surface area contributed by atoms with Gasteiger partial charge < -0.3 is 38.2 Å². The van der Waals surface area contributed by atoms with Gasteiger partial charge in [0, 0.05) is 17.7 Å². The Morgan fingerprint density at radius 2 is 1.33 bits per heavy atom. The fourth-order valence-electron chi connectivity index (χ4n) is 5.21. The van der Waals surface area contributed by atoms with Crippen LogP contribution in [0.3, 0.4) is 0 Å². The van der Waals surface area contributed by atoms with E-state index in [0.717, 1.165) is 35.4 Å². The number of pyridine rings is 1. The van der Waals surface area contributed by atoms with E-state index in [1.807, 2.05) is 53.4 Å². The van der Waals surface area contributed by atoms with Crippen LogP contribution in [0.15, 0.2) is 73.1 Å². The van der Waals surface area contributed by atoms with Crippen molar-refractivity contribution in [1.82, 2.24) is 4.90 Å². The van der Waals surface area contributed by atoms with Gasteiger partial charge in [0.1, 0.15) is 13.2 Å². The van der Waals surface area contributed by atoms with Crippen LogP contribution in [-0.2, 0) is 24.4 Å².